The first-order valence-electron chi connectivity index (χ1n) is 4.90. The lowest BCUT2D eigenvalue weighted by Crippen LogP contribution is -2.15. The summed E-state index contributed by atoms with van der Waals surface area (Å²) in [6, 6.07) is 6.49. The van der Waals surface area contributed by atoms with Gasteiger partial charge in [-0.05, 0) is 12.1 Å². The van der Waals surface area contributed by atoms with Crippen LogP contribution in [0.1, 0.15) is 5.69 Å². The monoisotopic (exact) mass is 252 g/mol. The second kappa shape index (κ2) is 4.56. The number of aromatic nitrogens is 2. The average Bonchev–Trinajstić information content (AvgIpc) is 2.78. The normalized spacial score (nSPS) is 11.4. The lowest BCUT2D eigenvalue weighted by molar-refractivity contribution is 0.598. The molecule has 2 aromatic rings. The number of para-hydroxylation sites is 1. The summed E-state index contributed by atoms with van der Waals surface area (Å²) in [7, 11) is -3.71. The van der Waals surface area contributed by atoms with E-state index in [1.807, 2.05) is 0 Å². The Morgan fingerprint density at radius 3 is 2.76 bits per heavy atom. The number of H-pyrrole nitrogens is 1. The number of hydrogen-bond donors (Lipinski definition) is 3. The molecule has 0 atom stereocenters. The Kier molecular flexibility index (Phi) is 3.12. The van der Waals surface area contributed by atoms with Gasteiger partial charge in [0, 0.05) is 6.20 Å². The predicted octanol–water partition coefficient (Wildman–Crippen LogP) is 0.669. The summed E-state index contributed by atoms with van der Waals surface area (Å²) < 4.78 is 22.7. The summed E-state index contributed by atoms with van der Waals surface area (Å²) >= 11 is 0. The zero-order valence-corrected chi connectivity index (χ0v) is 9.74. The molecule has 0 amide bonds. The minimum Gasteiger partial charge on any atom is -0.378 e. The van der Waals surface area contributed by atoms with E-state index in [0.717, 1.165) is 5.69 Å². The molecule has 1 aromatic heterocycles. The van der Waals surface area contributed by atoms with Crippen molar-refractivity contribution in [2.75, 3.05) is 5.32 Å². The smallest absolute Gasteiger partial charge is 0.240 e. The van der Waals surface area contributed by atoms with E-state index in [1.54, 1.807) is 30.7 Å². The summed E-state index contributed by atoms with van der Waals surface area (Å²) in [5, 5.41) is 8.11. The van der Waals surface area contributed by atoms with E-state index < -0.39 is 10.0 Å². The van der Waals surface area contributed by atoms with E-state index in [0.29, 0.717) is 12.2 Å². The van der Waals surface area contributed by atoms with Crippen LogP contribution in [0.15, 0.2) is 41.7 Å². The van der Waals surface area contributed by atoms with Gasteiger partial charge in [0.25, 0.3) is 0 Å². The topological polar surface area (TPSA) is 101 Å². The maximum Gasteiger partial charge on any atom is 0.240 e. The van der Waals surface area contributed by atoms with Crippen molar-refractivity contribution < 1.29 is 8.42 Å². The molecule has 0 radical (unpaired) electrons. The number of primary sulfonamides is 1. The Hall–Kier alpha value is -1.86. The number of nitrogens with two attached hydrogens (primary N) is 1. The van der Waals surface area contributed by atoms with Crippen LogP contribution in [0.5, 0.6) is 0 Å². The molecule has 90 valence electrons. The summed E-state index contributed by atoms with van der Waals surface area (Å²) in [6.45, 7) is 0.451. The first-order valence-corrected chi connectivity index (χ1v) is 6.45. The van der Waals surface area contributed by atoms with Gasteiger partial charge in [0.05, 0.1) is 24.3 Å². The van der Waals surface area contributed by atoms with Crippen LogP contribution in [0.4, 0.5) is 5.69 Å². The fraction of sp³-hybridized carbons (Fsp3) is 0.100. The molecule has 0 saturated carbocycles. The van der Waals surface area contributed by atoms with Crippen LogP contribution in [-0.4, -0.2) is 18.4 Å². The Morgan fingerprint density at radius 2 is 2.12 bits per heavy atom. The van der Waals surface area contributed by atoms with E-state index in [9.17, 15) is 8.42 Å². The number of anilines is 1. The van der Waals surface area contributed by atoms with Crippen LogP contribution >= 0.6 is 0 Å². The highest BCUT2D eigenvalue weighted by Crippen LogP contribution is 2.19. The summed E-state index contributed by atoms with van der Waals surface area (Å²) in [5.41, 5.74) is 1.33. The zero-order valence-electron chi connectivity index (χ0n) is 8.92. The van der Waals surface area contributed by atoms with Gasteiger partial charge in [-0.1, -0.05) is 12.1 Å². The summed E-state index contributed by atoms with van der Waals surface area (Å²) in [6.07, 6.45) is 3.22. The molecule has 0 unspecified atom stereocenters. The summed E-state index contributed by atoms with van der Waals surface area (Å²) in [5.74, 6) is 0. The van der Waals surface area contributed by atoms with Crippen LogP contribution in [0.25, 0.3) is 0 Å². The van der Waals surface area contributed by atoms with E-state index in [4.69, 9.17) is 5.14 Å². The van der Waals surface area contributed by atoms with Gasteiger partial charge in [0.1, 0.15) is 4.90 Å². The number of benzene rings is 1. The third-order valence-corrected chi connectivity index (χ3v) is 3.19. The van der Waals surface area contributed by atoms with Gasteiger partial charge < -0.3 is 10.3 Å². The molecule has 7 heteroatoms. The number of aromatic amines is 1. The van der Waals surface area contributed by atoms with E-state index in [2.05, 4.69) is 15.3 Å². The molecule has 0 bridgehead atoms. The fourth-order valence-corrected chi connectivity index (χ4v) is 2.15. The first kappa shape index (κ1) is 11.6. The second-order valence-electron chi connectivity index (χ2n) is 3.47. The van der Waals surface area contributed by atoms with Gasteiger partial charge in [0.2, 0.25) is 10.0 Å². The molecule has 0 aliphatic heterocycles. The quantitative estimate of drug-likeness (QED) is 0.744. The minimum atomic E-state index is -3.71. The maximum absolute atomic E-state index is 11.3. The van der Waals surface area contributed by atoms with Crippen molar-refractivity contribution in [1.82, 2.24) is 9.97 Å². The van der Waals surface area contributed by atoms with Crippen LogP contribution < -0.4 is 10.5 Å². The highest BCUT2D eigenvalue weighted by atomic mass is 32.2. The molecule has 0 fully saturated rings. The van der Waals surface area contributed by atoms with Crippen molar-refractivity contribution >= 4 is 15.7 Å². The number of hydrogen-bond acceptors (Lipinski definition) is 4. The molecule has 6 nitrogen and oxygen atoms in total. The van der Waals surface area contributed by atoms with Crippen molar-refractivity contribution in [3.05, 3.63) is 42.5 Å². The van der Waals surface area contributed by atoms with Gasteiger partial charge in [-0.25, -0.2) is 18.5 Å². The molecule has 0 saturated heterocycles. The van der Waals surface area contributed by atoms with Crippen LogP contribution in [-0.2, 0) is 16.6 Å². The second-order valence-corrected chi connectivity index (χ2v) is 5.00. The van der Waals surface area contributed by atoms with Crippen LogP contribution in [0.2, 0.25) is 0 Å². The Bertz CT molecular complexity index is 593. The van der Waals surface area contributed by atoms with Gasteiger partial charge in [-0.3, -0.25) is 0 Å². The number of rotatable bonds is 4. The van der Waals surface area contributed by atoms with Gasteiger partial charge in [0.15, 0.2) is 0 Å². The Labute approximate surface area is 98.9 Å². The minimum absolute atomic E-state index is 0.0829. The predicted molar refractivity (Wildman–Crippen MR) is 63.7 cm³/mol. The third kappa shape index (κ3) is 2.83. The van der Waals surface area contributed by atoms with E-state index in [-0.39, 0.29) is 4.90 Å². The van der Waals surface area contributed by atoms with E-state index in [1.165, 1.54) is 6.07 Å². The van der Waals surface area contributed by atoms with Crippen LogP contribution in [0.3, 0.4) is 0 Å². The van der Waals surface area contributed by atoms with E-state index >= 15 is 0 Å². The highest BCUT2D eigenvalue weighted by molar-refractivity contribution is 7.89. The Morgan fingerprint density at radius 1 is 1.35 bits per heavy atom. The molecule has 4 N–H and O–H groups in total. The Balaban J connectivity index is 2.22. The largest absolute Gasteiger partial charge is 0.378 e. The summed E-state index contributed by atoms with van der Waals surface area (Å²) in [4.78, 5) is 6.86. The lowest BCUT2D eigenvalue weighted by Gasteiger charge is -2.09. The molecule has 17 heavy (non-hydrogen) atoms. The van der Waals surface area contributed by atoms with Crippen molar-refractivity contribution in [3.8, 4) is 0 Å². The number of imidazole rings is 1. The molecular weight excluding hydrogens is 240 g/mol. The third-order valence-electron chi connectivity index (χ3n) is 2.22. The fourth-order valence-electron chi connectivity index (χ4n) is 1.43. The number of nitrogens with zero attached hydrogens (tertiary/aromatic N) is 1. The molecule has 0 aliphatic carbocycles. The molecule has 1 heterocycles. The van der Waals surface area contributed by atoms with Crippen molar-refractivity contribution in [2.45, 2.75) is 11.4 Å². The average molecular weight is 252 g/mol. The standard InChI is InChI=1S/C10H12N4O2S/c11-17(15,16)10-4-2-1-3-9(10)13-6-8-5-12-7-14-8/h1-5,7,13H,6H2,(H,12,14)(H2,11,15,16). The lowest BCUT2D eigenvalue weighted by atomic mass is 10.3. The maximum atomic E-state index is 11.3. The first-order chi connectivity index (χ1) is 8.07. The van der Waals surface area contributed by atoms with Crippen molar-refractivity contribution in [2.24, 2.45) is 5.14 Å². The molecule has 0 spiro atoms. The zero-order chi connectivity index (χ0) is 12.3. The molecule has 0 aliphatic rings. The number of nitrogens with one attached hydrogen (secondary N) is 2. The molecule has 2 rings (SSSR count). The van der Waals surface area contributed by atoms with Gasteiger partial charge in [-0.15, -0.1) is 0 Å². The van der Waals surface area contributed by atoms with Gasteiger partial charge in [-0.2, -0.15) is 0 Å². The van der Waals surface area contributed by atoms with Gasteiger partial charge >= 0.3 is 0 Å². The molecule has 1 aromatic carbocycles. The SMILES string of the molecule is NS(=O)(=O)c1ccccc1NCc1cnc[nH]1. The van der Waals surface area contributed by atoms with Crippen LogP contribution in [0, 0.1) is 0 Å². The van der Waals surface area contributed by atoms with Crippen molar-refractivity contribution in [3.63, 3.8) is 0 Å². The highest BCUT2D eigenvalue weighted by Gasteiger charge is 2.12. The van der Waals surface area contributed by atoms with Crippen molar-refractivity contribution in [1.29, 1.82) is 0 Å². The number of sulfonamides is 1. The molecular formula is C10H12N4O2S.